The minimum atomic E-state index is -0.288. The number of nitrogens with zero attached hydrogens (tertiary/aromatic N) is 2. The van der Waals surface area contributed by atoms with Gasteiger partial charge in [0.05, 0.1) is 12.4 Å². The van der Waals surface area contributed by atoms with Crippen LogP contribution in [0.4, 0.5) is 0 Å². The van der Waals surface area contributed by atoms with Crippen molar-refractivity contribution in [3.8, 4) is 0 Å². The summed E-state index contributed by atoms with van der Waals surface area (Å²) in [6, 6.07) is 0. The van der Waals surface area contributed by atoms with E-state index in [1.54, 1.807) is 6.08 Å². The molecule has 0 fully saturated rings. The van der Waals surface area contributed by atoms with E-state index in [0.29, 0.717) is 6.54 Å². The fraction of sp³-hybridized carbons (Fsp3) is 0.125. The molecule has 1 aromatic rings. The topological polar surface area (TPSA) is 54.9 Å². The molecule has 0 spiro atoms. The quantitative estimate of drug-likeness (QED) is 0.737. The average Bonchev–Trinajstić information content (AvgIpc) is 2.15. The van der Waals surface area contributed by atoms with E-state index in [-0.39, 0.29) is 16.8 Å². The van der Waals surface area contributed by atoms with Crippen molar-refractivity contribution < 1.29 is 4.79 Å². The van der Waals surface area contributed by atoms with Crippen LogP contribution in [0.5, 0.6) is 0 Å². The summed E-state index contributed by atoms with van der Waals surface area (Å²) in [5.74, 6) is -0.288. The van der Waals surface area contributed by atoms with Crippen molar-refractivity contribution >= 4 is 17.5 Å². The Kier molecular flexibility index (Phi) is 3.40. The molecule has 0 saturated heterocycles. The van der Waals surface area contributed by atoms with Gasteiger partial charge in [-0.15, -0.1) is 6.58 Å². The second-order valence-corrected chi connectivity index (χ2v) is 2.61. The third-order valence-electron chi connectivity index (χ3n) is 1.26. The van der Waals surface area contributed by atoms with Crippen molar-refractivity contribution in [1.82, 2.24) is 15.3 Å². The van der Waals surface area contributed by atoms with Gasteiger partial charge in [0.15, 0.2) is 0 Å². The minimum absolute atomic E-state index is 0.242. The Morgan fingerprint density at radius 3 is 2.92 bits per heavy atom. The first kappa shape index (κ1) is 9.67. The molecule has 0 unspecified atom stereocenters. The highest BCUT2D eigenvalue weighted by Crippen LogP contribution is 2.00. The van der Waals surface area contributed by atoms with E-state index < -0.39 is 0 Å². The molecule has 1 aromatic heterocycles. The van der Waals surface area contributed by atoms with E-state index in [4.69, 9.17) is 11.6 Å². The molecule has 1 amide bonds. The van der Waals surface area contributed by atoms with Gasteiger partial charge >= 0.3 is 0 Å². The fourth-order valence-electron chi connectivity index (χ4n) is 0.685. The third-order valence-corrected chi connectivity index (χ3v) is 1.46. The van der Waals surface area contributed by atoms with Crippen molar-refractivity contribution in [2.45, 2.75) is 0 Å². The summed E-state index contributed by atoms with van der Waals surface area (Å²) in [5.41, 5.74) is 0.242. The van der Waals surface area contributed by atoms with Crippen molar-refractivity contribution in [3.05, 3.63) is 35.9 Å². The molecule has 1 rings (SSSR count). The maximum absolute atomic E-state index is 11.2. The number of carbonyl (C=O) groups excluding carboxylic acids is 1. The SMILES string of the molecule is C=CCNC(=O)c1cnc(Cl)cn1. The van der Waals surface area contributed by atoms with Gasteiger partial charge in [-0.05, 0) is 0 Å². The van der Waals surface area contributed by atoms with Crippen LogP contribution < -0.4 is 5.32 Å². The summed E-state index contributed by atoms with van der Waals surface area (Å²) in [6.45, 7) is 3.87. The molecule has 13 heavy (non-hydrogen) atoms. The minimum Gasteiger partial charge on any atom is -0.347 e. The van der Waals surface area contributed by atoms with E-state index in [1.165, 1.54) is 12.4 Å². The Balaban J connectivity index is 2.66. The first-order chi connectivity index (χ1) is 6.24. The Labute approximate surface area is 80.7 Å². The van der Waals surface area contributed by atoms with Gasteiger partial charge in [-0.1, -0.05) is 17.7 Å². The largest absolute Gasteiger partial charge is 0.347 e. The van der Waals surface area contributed by atoms with Gasteiger partial charge in [0.2, 0.25) is 0 Å². The van der Waals surface area contributed by atoms with Gasteiger partial charge in [-0.3, -0.25) is 4.79 Å². The zero-order valence-electron chi connectivity index (χ0n) is 6.83. The monoisotopic (exact) mass is 197 g/mol. The van der Waals surface area contributed by atoms with Crippen LogP contribution in [-0.4, -0.2) is 22.4 Å². The molecule has 0 aliphatic heterocycles. The lowest BCUT2D eigenvalue weighted by molar-refractivity contribution is 0.0952. The number of carbonyl (C=O) groups is 1. The highest BCUT2D eigenvalue weighted by Gasteiger charge is 2.05. The van der Waals surface area contributed by atoms with Crippen LogP contribution in [0, 0.1) is 0 Å². The molecule has 68 valence electrons. The normalized spacial score (nSPS) is 9.31. The predicted molar refractivity (Wildman–Crippen MR) is 49.6 cm³/mol. The van der Waals surface area contributed by atoms with Crippen LogP contribution in [0.1, 0.15) is 10.5 Å². The van der Waals surface area contributed by atoms with Crippen molar-refractivity contribution in [3.63, 3.8) is 0 Å². The molecular formula is C8H8ClN3O. The van der Waals surface area contributed by atoms with Gasteiger partial charge in [0.1, 0.15) is 10.8 Å². The lowest BCUT2D eigenvalue weighted by atomic mass is 10.4. The third kappa shape index (κ3) is 2.83. The molecule has 5 heteroatoms. The highest BCUT2D eigenvalue weighted by molar-refractivity contribution is 6.29. The van der Waals surface area contributed by atoms with E-state index in [0.717, 1.165) is 0 Å². The Bertz CT molecular complexity index is 310. The number of amides is 1. The second kappa shape index (κ2) is 4.57. The summed E-state index contributed by atoms with van der Waals surface area (Å²) < 4.78 is 0. The lowest BCUT2D eigenvalue weighted by Gasteiger charge is -1.99. The maximum atomic E-state index is 11.2. The fourth-order valence-corrected chi connectivity index (χ4v) is 0.783. The van der Waals surface area contributed by atoms with Gasteiger partial charge < -0.3 is 5.32 Å². The van der Waals surface area contributed by atoms with Gasteiger partial charge in [-0.25, -0.2) is 9.97 Å². The molecule has 0 atom stereocenters. The van der Waals surface area contributed by atoms with Crippen molar-refractivity contribution in [2.75, 3.05) is 6.54 Å². The molecule has 0 bridgehead atoms. The summed E-state index contributed by atoms with van der Waals surface area (Å²) in [6.07, 6.45) is 4.23. The number of hydrogen-bond donors (Lipinski definition) is 1. The molecule has 1 heterocycles. The van der Waals surface area contributed by atoms with E-state index in [9.17, 15) is 4.79 Å². The van der Waals surface area contributed by atoms with Gasteiger partial charge in [-0.2, -0.15) is 0 Å². The first-order valence-corrected chi connectivity index (χ1v) is 3.98. The summed E-state index contributed by atoms with van der Waals surface area (Å²) in [7, 11) is 0. The summed E-state index contributed by atoms with van der Waals surface area (Å²) >= 11 is 5.50. The molecule has 0 saturated carbocycles. The zero-order valence-corrected chi connectivity index (χ0v) is 7.58. The molecular weight excluding hydrogens is 190 g/mol. The first-order valence-electron chi connectivity index (χ1n) is 3.60. The van der Waals surface area contributed by atoms with Crippen LogP contribution in [0.15, 0.2) is 25.0 Å². The molecule has 0 radical (unpaired) electrons. The van der Waals surface area contributed by atoms with Crippen LogP contribution in [0.2, 0.25) is 5.15 Å². The van der Waals surface area contributed by atoms with Crippen molar-refractivity contribution in [1.29, 1.82) is 0 Å². The molecule has 4 nitrogen and oxygen atoms in total. The molecule has 0 aliphatic rings. The standard InChI is InChI=1S/C8H8ClN3O/c1-2-3-10-8(13)6-4-12-7(9)5-11-6/h2,4-5H,1,3H2,(H,10,13). The average molecular weight is 198 g/mol. The summed E-state index contributed by atoms with van der Waals surface area (Å²) in [4.78, 5) is 18.7. The zero-order chi connectivity index (χ0) is 9.68. The lowest BCUT2D eigenvalue weighted by Crippen LogP contribution is -2.24. The van der Waals surface area contributed by atoms with Crippen molar-refractivity contribution in [2.24, 2.45) is 0 Å². The number of halogens is 1. The maximum Gasteiger partial charge on any atom is 0.271 e. The van der Waals surface area contributed by atoms with E-state index in [2.05, 4.69) is 21.9 Å². The summed E-state index contributed by atoms with van der Waals surface area (Å²) in [5, 5.41) is 2.83. The van der Waals surface area contributed by atoms with E-state index >= 15 is 0 Å². The molecule has 0 aromatic carbocycles. The number of aromatic nitrogens is 2. The molecule has 1 N–H and O–H groups in total. The Hall–Kier alpha value is -1.42. The van der Waals surface area contributed by atoms with E-state index in [1.807, 2.05) is 0 Å². The Morgan fingerprint density at radius 2 is 2.38 bits per heavy atom. The van der Waals surface area contributed by atoms with Gasteiger partial charge in [0.25, 0.3) is 5.91 Å². The van der Waals surface area contributed by atoms with Crippen LogP contribution in [0.3, 0.4) is 0 Å². The number of nitrogens with one attached hydrogen (secondary N) is 1. The number of hydrogen-bond acceptors (Lipinski definition) is 3. The highest BCUT2D eigenvalue weighted by atomic mass is 35.5. The predicted octanol–water partition coefficient (Wildman–Crippen LogP) is 1.05. The second-order valence-electron chi connectivity index (χ2n) is 2.22. The van der Waals surface area contributed by atoms with Crippen LogP contribution in [-0.2, 0) is 0 Å². The smallest absolute Gasteiger partial charge is 0.271 e. The van der Waals surface area contributed by atoms with Gasteiger partial charge in [0, 0.05) is 6.54 Å². The number of rotatable bonds is 3. The van der Waals surface area contributed by atoms with Crippen LogP contribution >= 0.6 is 11.6 Å². The van der Waals surface area contributed by atoms with Crippen LogP contribution in [0.25, 0.3) is 0 Å². The molecule has 0 aliphatic carbocycles. The Morgan fingerprint density at radius 1 is 1.62 bits per heavy atom.